The van der Waals surface area contributed by atoms with Crippen LogP contribution in [0.1, 0.15) is 78.6 Å². The van der Waals surface area contributed by atoms with E-state index in [9.17, 15) is 42.7 Å². The van der Waals surface area contributed by atoms with Gasteiger partial charge in [0.05, 0.1) is 12.4 Å². The van der Waals surface area contributed by atoms with Crippen LogP contribution in [0.4, 0.5) is 13.6 Å². The fourth-order valence-corrected chi connectivity index (χ4v) is 7.31. The number of carbonyl (C=O) groups is 6. The van der Waals surface area contributed by atoms with Crippen LogP contribution in [0.5, 0.6) is 0 Å². The Morgan fingerprint density at radius 3 is 1.51 bits per heavy atom. The monoisotopic (exact) mass is 949 g/mol. The number of hydrogen-bond acceptors (Lipinski definition) is 12. The molecular weight excluding hydrogens is 897 g/mol. The van der Waals surface area contributed by atoms with Crippen molar-refractivity contribution in [2.75, 3.05) is 6.54 Å². The summed E-state index contributed by atoms with van der Waals surface area (Å²) in [5, 5.41) is 43.2. The maximum absolute atomic E-state index is 14.2. The molecule has 69 heavy (non-hydrogen) atoms. The molecule has 6 aromatic rings. The number of hydrogen-bond donors (Lipinski definition) is 7. The SMILES string of the molecule is CC(C)(C)OC(=O)NCC(=O)N[C@H](C[C@H](CC(=O)c1cn[nH]n1)Cc1ccc(-c2ccccc2F)cc1)C(=O)O.N[C@H](C[C@H](CC(=O)c1cn[nH]n1)Cc1ccc(-c2ccccc2F)cc1)C(=O)O. The fourth-order valence-electron chi connectivity index (χ4n) is 7.31. The van der Waals surface area contributed by atoms with E-state index in [1.54, 1.807) is 93.6 Å². The highest BCUT2D eigenvalue weighted by atomic mass is 19.1. The minimum absolute atomic E-state index is 0.0581. The number of ketones is 2. The number of carbonyl (C=O) groups excluding carboxylic acids is 4. The molecule has 20 heteroatoms. The molecule has 4 atom stereocenters. The highest BCUT2D eigenvalue weighted by Crippen LogP contribution is 2.27. The van der Waals surface area contributed by atoms with Crippen molar-refractivity contribution in [3.63, 3.8) is 0 Å². The highest BCUT2D eigenvalue weighted by molar-refractivity contribution is 5.94. The van der Waals surface area contributed by atoms with Crippen LogP contribution in [-0.2, 0) is 32.0 Å². The van der Waals surface area contributed by atoms with Crippen molar-refractivity contribution in [3.8, 4) is 22.3 Å². The fraction of sp³-hybridized carbons (Fsp3) is 0.306. The van der Waals surface area contributed by atoms with Crippen LogP contribution in [-0.4, -0.2) is 101 Å². The molecule has 0 fully saturated rings. The molecule has 0 aliphatic rings. The summed E-state index contributed by atoms with van der Waals surface area (Å²) in [4.78, 5) is 72.6. The lowest BCUT2D eigenvalue weighted by molar-refractivity contribution is -0.142. The number of alkyl carbamates (subject to hydrolysis) is 1. The van der Waals surface area contributed by atoms with E-state index >= 15 is 0 Å². The number of aliphatic carboxylic acids is 2. The van der Waals surface area contributed by atoms with Crippen molar-refractivity contribution >= 4 is 35.5 Å². The first-order chi connectivity index (χ1) is 32.8. The van der Waals surface area contributed by atoms with E-state index in [0.717, 1.165) is 16.7 Å². The smallest absolute Gasteiger partial charge is 0.408 e. The Hall–Kier alpha value is -8.00. The molecule has 0 radical (unpaired) electrons. The molecule has 0 spiro atoms. The lowest BCUT2D eigenvalue weighted by Crippen LogP contribution is -2.47. The maximum Gasteiger partial charge on any atom is 0.408 e. The van der Waals surface area contributed by atoms with Crippen molar-refractivity contribution in [3.05, 3.63) is 144 Å². The summed E-state index contributed by atoms with van der Waals surface area (Å²) >= 11 is 0. The van der Waals surface area contributed by atoms with Crippen LogP contribution in [0, 0.1) is 23.5 Å². The number of carboxylic acids is 2. The Balaban J connectivity index is 0.000000270. The summed E-state index contributed by atoms with van der Waals surface area (Å²) in [6.45, 7) is 4.52. The number of benzene rings is 4. The first kappa shape index (κ1) is 52.0. The number of nitrogens with zero attached hydrogens (tertiary/aromatic N) is 4. The van der Waals surface area contributed by atoms with E-state index < -0.39 is 54.1 Å². The number of halogens is 2. The van der Waals surface area contributed by atoms with Gasteiger partial charge in [-0.1, -0.05) is 84.9 Å². The second kappa shape index (κ2) is 24.7. The van der Waals surface area contributed by atoms with Gasteiger partial charge >= 0.3 is 18.0 Å². The lowest BCUT2D eigenvalue weighted by atomic mass is 9.87. The van der Waals surface area contributed by atoms with Crippen LogP contribution >= 0.6 is 0 Å². The minimum Gasteiger partial charge on any atom is -0.480 e. The van der Waals surface area contributed by atoms with Crippen LogP contribution in [0.15, 0.2) is 109 Å². The zero-order valence-electron chi connectivity index (χ0n) is 38.0. The van der Waals surface area contributed by atoms with Crippen LogP contribution in [0.25, 0.3) is 22.3 Å². The number of nitrogens with two attached hydrogens (primary N) is 1. The topological polar surface area (TPSA) is 285 Å². The van der Waals surface area contributed by atoms with Gasteiger partial charge in [-0.15, -0.1) is 0 Å². The Morgan fingerprint density at radius 1 is 0.667 bits per heavy atom. The molecule has 0 bridgehead atoms. The van der Waals surface area contributed by atoms with Gasteiger partial charge in [0.25, 0.3) is 0 Å². The van der Waals surface area contributed by atoms with Crippen molar-refractivity contribution in [2.24, 2.45) is 17.6 Å². The van der Waals surface area contributed by atoms with Crippen molar-refractivity contribution in [2.45, 2.75) is 77.0 Å². The second-order valence-electron chi connectivity index (χ2n) is 17.2. The van der Waals surface area contributed by atoms with Crippen LogP contribution in [0.3, 0.4) is 0 Å². The zero-order chi connectivity index (χ0) is 50.1. The minimum atomic E-state index is -1.33. The molecule has 362 valence electrons. The number of rotatable bonds is 21. The first-order valence-electron chi connectivity index (χ1n) is 21.8. The normalized spacial score (nSPS) is 12.8. The van der Waals surface area contributed by atoms with Gasteiger partial charge in [-0.2, -0.15) is 30.8 Å². The Morgan fingerprint density at radius 2 is 1.12 bits per heavy atom. The zero-order valence-corrected chi connectivity index (χ0v) is 38.0. The quantitative estimate of drug-likeness (QED) is 0.0386. The number of H-pyrrole nitrogens is 2. The molecule has 0 aliphatic carbocycles. The number of nitrogens with one attached hydrogen (secondary N) is 4. The average molecular weight is 950 g/mol. The summed E-state index contributed by atoms with van der Waals surface area (Å²) in [6.07, 6.45) is 2.67. The molecule has 0 saturated carbocycles. The third-order valence-corrected chi connectivity index (χ3v) is 10.6. The summed E-state index contributed by atoms with van der Waals surface area (Å²) in [6, 6.07) is 24.9. The number of ether oxygens (including phenoxy) is 1. The van der Waals surface area contributed by atoms with Gasteiger partial charge in [-0.05, 0) is 92.7 Å². The Labute approximate surface area is 395 Å². The predicted octanol–water partition coefficient (Wildman–Crippen LogP) is 6.37. The molecule has 2 amide bonds. The van der Waals surface area contributed by atoms with Crippen molar-refractivity contribution < 1.29 is 52.5 Å². The third kappa shape index (κ3) is 16.7. The van der Waals surface area contributed by atoms with Crippen molar-refractivity contribution in [1.82, 2.24) is 41.5 Å². The molecule has 6 rings (SSSR count). The van der Waals surface area contributed by atoms with E-state index in [1.807, 2.05) is 12.1 Å². The van der Waals surface area contributed by atoms with Gasteiger partial charge in [0.1, 0.15) is 47.3 Å². The van der Waals surface area contributed by atoms with E-state index in [-0.39, 0.29) is 66.2 Å². The Bertz CT molecular complexity index is 2660. The molecular formula is C49H53F2N9O9. The summed E-state index contributed by atoms with van der Waals surface area (Å²) in [5.74, 6) is -5.16. The molecule has 0 aliphatic heterocycles. The first-order valence-corrected chi connectivity index (χ1v) is 21.8. The second-order valence-corrected chi connectivity index (χ2v) is 17.2. The molecule has 2 heterocycles. The van der Waals surface area contributed by atoms with E-state index in [2.05, 4.69) is 41.5 Å². The molecule has 18 nitrogen and oxygen atoms in total. The predicted molar refractivity (Wildman–Crippen MR) is 247 cm³/mol. The molecule has 8 N–H and O–H groups in total. The largest absolute Gasteiger partial charge is 0.480 e. The molecule has 2 aromatic heterocycles. The summed E-state index contributed by atoms with van der Waals surface area (Å²) < 4.78 is 33.2. The van der Waals surface area contributed by atoms with Gasteiger partial charge in [0, 0.05) is 24.0 Å². The standard InChI is InChI=1S/C28H32FN5O6.C21H21FN4O3/c1-28(2,3)40-27(39)30-16-25(36)32-22(26(37)38)13-18(14-24(35)23-15-31-34-33-23)12-17-8-10-19(11-9-17)20-6-4-5-7-21(20)29;22-17-4-2-1-3-16(17)15-7-5-13(6-8-15)9-14(10-18(23)21(28)29)11-20(27)19-12-24-26-25-19/h4-11,15,18,22H,12-14,16H2,1-3H3,(H,30,39)(H,32,36)(H,37,38)(H,31,33,34);1-8,12,14,18H,9-11,23H2,(H,28,29)(H,24,25,26)/t18-,22-;14-,18-/m11/s1. The van der Waals surface area contributed by atoms with Gasteiger partial charge in [0.2, 0.25) is 5.91 Å². The lowest BCUT2D eigenvalue weighted by Gasteiger charge is -2.22. The van der Waals surface area contributed by atoms with Gasteiger partial charge < -0.3 is 31.3 Å². The summed E-state index contributed by atoms with van der Waals surface area (Å²) in [5.41, 5.74) is 9.30. The molecule has 0 saturated heterocycles. The van der Waals surface area contributed by atoms with E-state index in [0.29, 0.717) is 29.5 Å². The highest BCUT2D eigenvalue weighted by Gasteiger charge is 2.28. The van der Waals surface area contributed by atoms with E-state index in [1.165, 1.54) is 24.5 Å². The Kier molecular flexibility index (Phi) is 18.6. The van der Waals surface area contributed by atoms with Gasteiger partial charge in [0.15, 0.2) is 11.6 Å². The molecule has 0 unspecified atom stereocenters. The van der Waals surface area contributed by atoms with Gasteiger partial charge in [-0.25, -0.2) is 18.4 Å². The molecule has 4 aromatic carbocycles. The number of aromatic amines is 2. The van der Waals surface area contributed by atoms with Crippen molar-refractivity contribution in [1.29, 1.82) is 0 Å². The number of amides is 2. The summed E-state index contributed by atoms with van der Waals surface area (Å²) in [7, 11) is 0. The number of aromatic nitrogens is 6. The third-order valence-electron chi connectivity index (χ3n) is 10.6. The number of Topliss-reactive ketones (excluding diaryl/α,β-unsaturated/α-hetero) is 2. The number of carboxylic acid groups (broad SMARTS) is 2. The van der Waals surface area contributed by atoms with Crippen LogP contribution in [0.2, 0.25) is 0 Å². The van der Waals surface area contributed by atoms with Gasteiger partial charge in [-0.3, -0.25) is 19.2 Å². The van der Waals surface area contributed by atoms with Crippen LogP contribution < -0.4 is 16.4 Å². The van der Waals surface area contributed by atoms with E-state index in [4.69, 9.17) is 15.6 Å². The average Bonchev–Trinajstić information content (AvgIpc) is 4.06. The maximum atomic E-state index is 14.2.